The van der Waals surface area contributed by atoms with E-state index in [0.29, 0.717) is 31.2 Å². The van der Waals surface area contributed by atoms with Gasteiger partial charge in [-0.1, -0.05) is 36.4 Å². The van der Waals surface area contributed by atoms with E-state index in [4.69, 9.17) is 14.6 Å². The maximum atomic E-state index is 12.5. The van der Waals surface area contributed by atoms with Gasteiger partial charge in [0.2, 0.25) is 5.91 Å². The van der Waals surface area contributed by atoms with E-state index in [2.05, 4.69) is 20.2 Å². The number of carboxylic acid groups (broad SMARTS) is 1. The van der Waals surface area contributed by atoms with E-state index in [1.165, 1.54) is 0 Å². The summed E-state index contributed by atoms with van der Waals surface area (Å²) in [5.74, 6) is 1.55. The largest absolute Gasteiger partial charge is 0.490 e. The average Bonchev–Trinajstić information content (AvgIpc) is 2.90. The fourth-order valence-corrected chi connectivity index (χ4v) is 4.27. The van der Waals surface area contributed by atoms with Crippen LogP contribution in [-0.2, 0) is 22.4 Å². The van der Waals surface area contributed by atoms with E-state index in [1.807, 2.05) is 43.3 Å². The van der Waals surface area contributed by atoms with Gasteiger partial charge >= 0.3 is 5.97 Å². The van der Waals surface area contributed by atoms with Gasteiger partial charge in [-0.15, -0.1) is 0 Å². The summed E-state index contributed by atoms with van der Waals surface area (Å²) >= 11 is 0. The first-order valence-electron chi connectivity index (χ1n) is 12.5. The van der Waals surface area contributed by atoms with E-state index >= 15 is 0 Å². The molecular weight excluding hydrogens is 472 g/mol. The zero-order valence-electron chi connectivity index (χ0n) is 20.9. The van der Waals surface area contributed by atoms with Crippen LogP contribution >= 0.6 is 0 Å². The molecule has 2 heterocycles. The number of anilines is 2. The molecule has 2 aromatic carbocycles. The van der Waals surface area contributed by atoms with Gasteiger partial charge in [0.15, 0.2) is 17.3 Å². The molecule has 1 aliphatic heterocycles. The molecule has 9 nitrogen and oxygen atoms in total. The molecule has 0 bridgehead atoms. The van der Waals surface area contributed by atoms with Crippen molar-refractivity contribution in [3.63, 3.8) is 0 Å². The van der Waals surface area contributed by atoms with Crippen molar-refractivity contribution >= 4 is 23.5 Å². The maximum Gasteiger partial charge on any atom is 0.307 e. The van der Waals surface area contributed by atoms with Gasteiger partial charge in [0.1, 0.15) is 11.9 Å². The van der Waals surface area contributed by atoms with E-state index in [9.17, 15) is 9.59 Å². The molecule has 1 saturated heterocycles. The molecule has 1 amide bonds. The fourth-order valence-electron chi connectivity index (χ4n) is 4.27. The second-order valence-electron chi connectivity index (χ2n) is 8.91. The van der Waals surface area contributed by atoms with Crippen LogP contribution in [0.4, 0.5) is 11.6 Å². The number of ether oxygens (including phenoxy) is 2. The van der Waals surface area contributed by atoms with Crippen molar-refractivity contribution in [1.82, 2.24) is 9.97 Å². The molecule has 4 rings (SSSR count). The molecule has 1 aromatic heterocycles. The summed E-state index contributed by atoms with van der Waals surface area (Å²) in [5.41, 5.74) is 1.70. The molecule has 2 N–H and O–H groups in total. The number of nitrogens with one attached hydrogen (secondary N) is 1. The third-order valence-corrected chi connectivity index (χ3v) is 6.05. The molecule has 0 saturated carbocycles. The summed E-state index contributed by atoms with van der Waals surface area (Å²) in [6, 6.07) is 15.0. The lowest BCUT2D eigenvalue weighted by molar-refractivity contribution is -0.136. The van der Waals surface area contributed by atoms with Gasteiger partial charge < -0.3 is 24.8 Å². The van der Waals surface area contributed by atoms with Crippen LogP contribution in [0.2, 0.25) is 0 Å². The zero-order chi connectivity index (χ0) is 26.0. The number of carbonyl (C=O) groups excluding carboxylic acids is 1. The van der Waals surface area contributed by atoms with Crippen LogP contribution in [0.15, 0.2) is 60.9 Å². The maximum absolute atomic E-state index is 12.5. The fraction of sp³-hybridized carbons (Fsp3) is 0.357. The lowest BCUT2D eigenvalue weighted by atomic mass is 10.1. The number of piperidine rings is 1. The minimum absolute atomic E-state index is 0.0137. The Morgan fingerprint density at radius 1 is 1.08 bits per heavy atom. The Bertz CT molecular complexity index is 1200. The Balaban J connectivity index is 1.31. The molecule has 37 heavy (non-hydrogen) atoms. The van der Waals surface area contributed by atoms with Gasteiger partial charge in [0, 0.05) is 13.0 Å². The van der Waals surface area contributed by atoms with Crippen LogP contribution < -0.4 is 19.7 Å². The lowest BCUT2D eigenvalue weighted by Gasteiger charge is -2.33. The second kappa shape index (κ2) is 12.7. The number of aliphatic carboxylic acids is 1. The number of carboxylic acids is 1. The van der Waals surface area contributed by atoms with Crippen molar-refractivity contribution in [3.8, 4) is 11.5 Å². The number of nitrogens with zero attached hydrogens (tertiary/aromatic N) is 3. The zero-order valence-corrected chi connectivity index (χ0v) is 20.9. The number of amides is 1. The van der Waals surface area contributed by atoms with Gasteiger partial charge in [-0.05, 0) is 49.4 Å². The number of carbonyl (C=O) groups is 2. The summed E-state index contributed by atoms with van der Waals surface area (Å²) in [7, 11) is 0. The van der Waals surface area contributed by atoms with Crippen molar-refractivity contribution in [1.29, 1.82) is 0 Å². The SMILES string of the molecule is CCOc1ccccc1O[C@@H]1CCCN(c2cncc(NC(=O)CCc3ccc(CC(=O)O)cc3)n2)C1. The van der Waals surface area contributed by atoms with Crippen molar-refractivity contribution in [2.75, 3.05) is 29.9 Å². The molecule has 1 fully saturated rings. The van der Waals surface area contributed by atoms with Crippen LogP contribution in [0, 0.1) is 0 Å². The number of rotatable bonds is 11. The predicted octanol–water partition coefficient (Wildman–Crippen LogP) is 4.12. The molecule has 0 spiro atoms. The third-order valence-electron chi connectivity index (χ3n) is 6.05. The van der Waals surface area contributed by atoms with Crippen LogP contribution in [0.25, 0.3) is 0 Å². The quantitative estimate of drug-likeness (QED) is 0.401. The highest BCUT2D eigenvalue weighted by Crippen LogP contribution is 2.30. The number of hydrogen-bond donors (Lipinski definition) is 2. The van der Waals surface area contributed by atoms with Crippen molar-refractivity contribution in [3.05, 3.63) is 72.1 Å². The summed E-state index contributed by atoms with van der Waals surface area (Å²) < 4.78 is 12.0. The Labute approximate surface area is 216 Å². The van der Waals surface area contributed by atoms with Crippen LogP contribution in [-0.4, -0.2) is 52.8 Å². The molecule has 9 heteroatoms. The molecule has 1 aliphatic rings. The van der Waals surface area contributed by atoms with Gasteiger partial charge in [-0.2, -0.15) is 0 Å². The van der Waals surface area contributed by atoms with E-state index in [-0.39, 0.29) is 24.9 Å². The molecule has 0 aliphatic carbocycles. The first-order valence-corrected chi connectivity index (χ1v) is 12.5. The van der Waals surface area contributed by atoms with Crippen molar-refractivity contribution < 1.29 is 24.2 Å². The predicted molar refractivity (Wildman–Crippen MR) is 140 cm³/mol. The molecular formula is C28H32N4O5. The lowest BCUT2D eigenvalue weighted by Crippen LogP contribution is -2.41. The van der Waals surface area contributed by atoms with E-state index in [1.54, 1.807) is 24.5 Å². The Kier molecular flexibility index (Phi) is 8.91. The second-order valence-corrected chi connectivity index (χ2v) is 8.91. The number of para-hydroxylation sites is 2. The first-order chi connectivity index (χ1) is 18.0. The monoisotopic (exact) mass is 504 g/mol. The molecule has 1 atom stereocenters. The van der Waals surface area contributed by atoms with Gasteiger partial charge in [-0.3, -0.25) is 14.6 Å². The number of aryl methyl sites for hydroxylation is 1. The molecule has 3 aromatic rings. The summed E-state index contributed by atoms with van der Waals surface area (Å²) in [6.07, 6.45) is 5.91. The van der Waals surface area contributed by atoms with Crippen LogP contribution in [0.1, 0.15) is 37.3 Å². The van der Waals surface area contributed by atoms with Crippen molar-refractivity contribution in [2.45, 2.75) is 45.1 Å². The molecule has 194 valence electrons. The highest BCUT2D eigenvalue weighted by atomic mass is 16.5. The topological polar surface area (TPSA) is 114 Å². The molecule has 0 unspecified atom stereocenters. The minimum atomic E-state index is -0.866. The van der Waals surface area contributed by atoms with Crippen LogP contribution in [0.5, 0.6) is 11.5 Å². The number of hydrogen-bond acceptors (Lipinski definition) is 7. The van der Waals surface area contributed by atoms with Crippen LogP contribution in [0.3, 0.4) is 0 Å². The first kappa shape index (κ1) is 25.9. The molecule has 0 radical (unpaired) electrons. The summed E-state index contributed by atoms with van der Waals surface area (Å²) in [6.45, 7) is 4.01. The summed E-state index contributed by atoms with van der Waals surface area (Å²) in [5, 5.41) is 11.7. The Morgan fingerprint density at radius 2 is 1.84 bits per heavy atom. The Morgan fingerprint density at radius 3 is 2.59 bits per heavy atom. The smallest absolute Gasteiger partial charge is 0.307 e. The summed E-state index contributed by atoms with van der Waals surface area (Å²) in [4.78, 5) is 34.4. The van der Waals surface area contributed by atoms with Gasteiger partial charge in [0.25, 0.3) is 0 Å². The Hall–Kier alpha value is -4.14. The third kappa shape index (κ3) is 7.67. The normalized spacial score (nSPS) is 15.2. The standard InChI is InChI=1S/C28H32N4O5/c1-2-36-23-7-3-4-8-24(23)37-22-6-5-15-32(19-22)26-18-29-17-25(30-26)31-27(33)14-13-20-9-11-21(12-10-20)16-28(34)35/h3-4,7-12,17-18,22H,2,5-6,13-16,19H2,1H3,(H,34,35)(H,30,31,33)/t22-/m1/s1. The average molecular weight is 505 g/mol. The minimum Gasteiger partial charge on any atom is -0.490 e. The van der Waals surface area contributed by atoms with E-state index < -0.39 is 5.97 Å². The highest BCUT2D eigenvalue weighted by molar-refractivity contribution is 5.89. The number of aromatic nitrogens is 2. The van der Waals surface area contributed by atoms with Gasteiger partial charge in [-0.25, -0.2) is 4.98 Å². The highest BCUT2D eigenvalue weighted by Gasteiger charge is 2.24. The van der Waals surface area contributed by atoms with Crippen molar-refractivity contribution in [2.24, 2.45) is 0 Å². The van der Waals surface area contributed by atoms with Gasteiger partial charge in [0.05, 0.1) is 32.0 Å². The van der Waals surface area contributed by atoms with E-state index in [0.717, 1.165) is 42.0 Å². The number of benzene rings is 2.